The highest BCUT2D eigenvalue weighted by atomic mass is 16.4. The highest BCUT2D eigenvalue weighted by Crippen LogP contribution is 2.20. The molecule has 0 aromatic rings. The summed E-state index contributed by atoms with van der Waals surface area (Å²) >= 11 is 0. The molecule has 0 unspecified atom stereocenters. The van der Waals surface area contributed by atoms with Crippen molar-refractivity contribution in [1.29, 1.82) is 0 Å². The molecule has 1 heterocycles. The van der Waals surface area contributed by atoms with Crippen molar-refractivity contribution in [2.75, 3.05) is 13.1 Å². The molecule has 1 saturated heterocycles. The second-order valence-corrected chi connectivity index (χ2v) is 4.12. The smallest absolute Gasteiger partial charge is 0.0964 e. The fraction of sp³-hybridized carbons (Fsp3) is 0.727. The fourth-order valence-corrected chi connectivity index (χ4v) is 2.42. The van der Waals surface area contributed by atoms with Crippen LogP contribution in [0.2, 0.25) is 0 Å². The monoisotopic (exact) mass is 194 g/mol. The van der Waals surface area contributed by atoms with Gasteiger partial charge in [0.1, 0.15) is 0 Å². The van der Waals surface area contributed by atoms with Crippen LogP contribution in [0, 0.1) is 0 Å². The van der Waals surface area contributed by atoms with Gasteiger partial charge in [0.25, 0.3) is 0 Å². The van der Waals surface area contributed by atoms with Crippen LogP contribution in [0.25, 0.3) is 0 Å². The van der Waals surface area contributed by atoms with Gasteiger partial charge >= 0.3 is 0 Å². The van der Waals surface area contributed by atoms with Gasteiger partial charge in [0.15, 0.2) is 0 Å². The topological polar surface area (TPSA) is 35.8 Å². The van der Waals surface area contributed by atoms with Crippen LogP contribution in [0.4, 0.5) is 0 Å². The second kappa shape index (κ2) is 4.60. The standard InChI is InChI=1S/C11H18N2O/c14-12-10-6-2-3-7-11(10)13-8-4-1-5-9-13/h2,6,11,14H,1,3-5,7-9H2/b12-10+/t11-/m0/s1. The Hall–Kier alpha value is -0.830. The number of allylic oxidation sites excluding steroid dienone is 1. The molecule has 3 heteroatoms. The summed E-state index contributed by atoms with van der Waals surface area (Å²) in [4.78, 5) is 2.46. The number of oxime groups is 1. The lowest BCUT2D eigenvalue weighted by Crippen LogP contribution is -2.44. The van der Waals surface area contributed by atoms with E-state index in [9.17, 15) is 0 Å². The van der Waals surface area contributed by atoms with Gasteiger partial charge < -0.3 is 5.21 Å². The van der Waals surface area contributed by atoms with E-state index in [-0.39, 0.29) is 0 Å². The van der Waals surface area contributed by atoms with Gasteiger partial charge in [-0.25, -0.2) is 0 Å². The van der Waals surface area contributed by atoms with Gasteiger partial charge in [0.2, 0.25) is 0 Å². The largest absolute Gasteiger partial charge is 0.411 e. The SMILES string of the molecule is O/N=C1\C=CCC[C@@H]1N1CCCCC1. The first-order valence-corrected chi connectivity index (χ1v) is 5.54. The van der Waals surface area contributed by atoms with E-state index in [2.05, 4.69) is 16.1 Å². The summed E-state index contributed by atoms with van der Waals surface area (Å²) in [5, 5.41) is 12.3. The molecule has 1 aliphatic heterocycles. The summed E-state index contributed by atoms with van der Waals surface area (Å²) < 4.78 is 0. The molecule has 0 spiro atoms. The van der Waals surface area contributed by atoms with Crippen molar-refractivity contribution in [3.63, 3.8) is 0 Å². The van der Waals surface area contributed by atoms with Gasteiger partial charge in [0, 0.05) is 0 Å². The molecular weight excluding hydrogens is 176 g/mol. The quantitative estimate of drug-likeness (QED) is 0.512. The Morgan fingerprint density at radius 2 is 2.07 bits per heavy atom. The third kappa shape index (κ3) is 1.98. The maximum Gasteiger partial charge on any atom is 0.0964 e. The Kier molecular flexibility index (Phi) is 3.19. The van der Waals surface area contributed by atoms with Gasteiger partial charge in [-0.15, -0.1) is 0 Å². The van der Waals surface area contributed by atoms with E-state index < -0.39 is 0 Å². The van der Waals surface area contributed by atoms with E-state index in [0.29, 0.717) is 6.04 Å². The lowest BCUT2D eigenvalue weighted by atomic mass is 9.96. The van der Waals surface area contributed by atoms with Crippen LogP contribution < -0.4 is 0 Å². The van der Waals surface area contributed by atoms with E-state index in [1.807, 2.05) is 6.08 Å². The molecule has 1 N–H and O–H groups in total. The van der Waals surface area contributed by atoms with Gasteiger partial charge in [-0.3, -0.25) is 4.90 Å². The van der Waals surface area contributed by atoms with Crippen LogP contribution in [-0.4, -0.2) is 35.0 Å². The summed E-state index contributed by atoms with van der Waals surface area (Å²) in [6.45, 7) is 2.33. The summed E-state index contributed by atoms with van der Waals surface area (Å²) in [7, 11) is 0. The third-order valence-corrected chi connectivity index (χ3v) is 3.18. The molecule has 2 aliphatic rings. The molecule has 1 atom stereocenters. The van der Waals surface area contributed by atoms with Crippen molar-refractivity contribution in [1.82, 2.24) is 4.90 Å². The molecular formula is C11H18N2O. The Morgan fingerprint density at radius 3 is 2.79 bits per heavy atom. The van der Waals surface area contributed by atoms with E-state index in [0.717, 1.165) is 31.6 Å². The fourth-order valence-electron chi connectivity index (χ4n) is 2.42. The molecule has 3 nitrogen and oxygen atoms in total. The number of likely N-dealkylation sites (tertiary alicyclic amines) is 1. The zero-order valence-corrected chi connectivity index (χ0v) is 8.52. The Bertz CT molecular complexity index is 242. The molecule has 14 heavy (non-hydrogen) atoms. The van der Waals surface area contributed by atoms with E-state index in [1.54, 1.807) is 0 Å². The van der Waals surface area contributed by atoms with Crippen molar-refractivity contribution >= 4 is 5.71 Å². The van der Waals surface area contributed by atoms with Crippen LogP contribution in [0.1, 0.15) is 32.1 Å². The third-order valence-electron chi connectivity index (χ3n) is 3.18. The molecule has 78 valence electrons. The molecule has 0 saturated carbocycles. The zero-order chi connectivity index (χ0) is 9.80. The minimum Gasteiger partial charge on any atom is -0.411 e. The number of rotatable bonds is 1. The zero-order valence-electron chi connectivity index (χ0n) is 8.52. The number of hydrogen-bond donors (Lipinski definition) is 1. The molecule has 0 bridgehead atoms. The van der Waals surface area contributed by atoms with Crippen LogP contribution in [0.3, 0.4) is 0 Å². The number of hydrogen-bond acceptors (Lipinski definition) is 3. The van der Waals surface area contributed by atoms with Crippen molar-refractivity contribution < 1.29 is 5.21 Å². The van der Waals surface area contributed by atoms with Crippen molar-refractivity contribution in [2.24, 2.45) is 5.16 Å². The highest BCUT2D eigenvalue weighted by molar-refractivity contribution is 5.99. The normalized spacial score (nSPS) is 32.3. The van der Waals surface area contributed by atoms with E-state index in [4.69, 9.17) is 5.21 Å². The summed E-state index contributed by atoms with van der Waals surface area (Å²) in [6.07, 6.45) is 10.2. The first-order valence-electron chi connectivity index (χ1n) is 5.54. The minimum atomic E-state index is 0.366. The predicted molar refractivity (Wildman–Crippen MR) is 56.8 cm³/mol. The highest BCUT2D eigenvalue weighted by Gasteiger charge is 2.25. The molecule has 0 amide bonds. The number of nitrogens with zero attached hydrogens (tertiary/aromatic N) is 2. The molecule has 0 aromatic carbocycles. The van der Waals surface area contributed by atoms with Crippen molar-refractivity contribution in [3.8, 4) is 0 Å². The van der Waals surface area contributed by atoms with Gasteiger partial charge in [0.05, 0.1) is 11.8 Å². The Morgan fingerprint density at radius 1 is 1.29 bits per heavy atom. The molecule has 2 rings (SSSR count). The summed E-state index contributed by atoms with van der Waals surface area (Å²) in [5.41, 5.74) is 0.846. The molecule has 0 radical (unpaired) electrons. The molecule has 1 aliphatic carbocycles. The van der Waals surface area contributed by atoms with Crippen LogP contribution >= 0.6 is 0 Å². The second-order valence-electron chi connectivity index (χ2n) is 4.12. The Balaban J connectivity index is 2.04. The van der Waals surface area contributed by atoms with Crippen molar-refractivity contribution in [2.45, 2.75) is 38.1 Å². The Labute approximate surface area is 85.1 Å². The van der Waals surface area contributed by atoms with Crippen molar-refractivity contribution in [3.05, 3.63) is 12.2 Å². The summed E-state index contributed by atoms with van der Waals surface area (Å²) in [6, 6.07) is 0.366. The average Bonchev–Trinajstić information content (AvgIpc) is 2.30. The first-order chi connectivity index (χ1) is 6.92. The van der Waals surface area contributed by atoms with Crippen LogP contribution in [0.15, 0.2) is 17.3 Å². The maximum absolute atomic E-state index is 8.90. The summed E-state index contributed by atoms with van der Waals surface area (Å²) in [5.74, 6) is 0. The molecule has 0 aromatic heterocycles. The maximum atomic E-state index is 8.90. The van der Waals surface area contributed by atoms with E-state index >= 15 is 0 Å². The lowest BCUT2D eigenvalue weighted by Gasteiger charge is -2.35. The van der Waals surface area contributed by atoms with Crippen LogP contribution in [0.5, 0.6) is 0 Å². The van der Waals surface area contributed by atoms with E-state index in [1.165, 1.54) is 19.3 Å². The predicted octanol–water partition coefficient (Wildman–Crippen LogP) is 2.02. The average molecular weight is 194 g/mol. The van der Waals surface area contributed by atoms with Gasteiger partial charge in [-0.2, -0.15) is 0 Å². The number of piperidine rings is 1. The molecule has 1 fully saturated rings. The van der Waals surface area contributed by atoms with Gasteiger partial charge in [-0.1, -0.05) is 17.7 Å². The lowest BCUT2D eigenvalue weighted by molar-refractivity contribution is 0.190. The minimum absolute atomic E-state index is 0.366. The van der Waals surface area contributed by atoms with Gasteiger partial charge in [-0.05, 0) is 44.8 Å². The first kappa shape index (κ1) is 9.71. The van der Waals surface area contributed by atoms with Crippen LogP contribution in [-0.2, 0) is 0 Å².